The van der Waals surface area contributed by atoms with Crippen LogP contribution in [0.2, 0.25) is 0 Å². The van der Waals surface area contributed by atoms with Crippen LogP contribution in [0.15, 0.2) is 39.2 Å². The van der Waals surface area contributed by atoms with Gasteiger partial charge in [0.05, 0.1) is 16.0 Å². The highest BCUT2D eigenvalue weighted by molar-refractivity contribution is 7.89. The third-order valence-electron chi connectivity index (χ3n) is 2.57. The standard InChI is InChI=1S/C12H14N2O4S2/c1-8(5-9-3-2-4-18-9)14-20(16,17)10-6-11(12(13)15)19-7-10/h2-4,6-8,14H,5H2,1H3,(H2,13,15). The summed E-state index contributed by atoms with van der Waals surface area (Å²) in [5, 5.41) is 1.39. The number of carbonyl (C=O) groups is 1. The molecule has 1 unspecified atom stereocenters. The number of hydrogen-bond donors (Lipinski definition) is 2. The summed E-state index contributed by atoms with van der Waals surface area (Å²) in [5.41, 5.74) is 5.11. The van der Waals surface area contributed by atoms with Crippen molar-refractivity contribution in [2.75, 3.05) is 0 Å². The number of nitrogens with one attached hydrogen (secondary N) is 1. The Morgan fingerprint density at radius 1 is 1.55 bits per heavy atom. The molecule has 0 aliphatic heterocycles. The maximum absolute atomic E-state index is 12.1. The van der Waals surface area contributed by atoms with Crippen molar-refractivity contribution in [2.45, 2.75) is 24.3 Å². The summed E-state index contributed by atoms with van der Waals surface area (Å²) < 4.78 is 31.9. The van der Waals surface area contributed by atoms with Gasteiger partial charge in [0.25, 0.3) is 5.91 Å². The first-order valence-electron chi connectivity index (χ1n) is 5.81. The number of thiophene rings is 1. The molecule has 8 heteroatoms. The summed E-state index contributed by atoms with van der Waals surface area (Å²) >= 11 is 1.00. The van der Waals surface area contributed by atoms with E-state index in [1.165, 1.54) is 17.7 Å². The third kappa shape index (κ3) is 3.47. The second-order valence-corrected chi connectivity index (χ2v) is 6.94. The molecule has 20 heavy (non-hydrogen) atoms. The van der Waals surface area contributed by atoms with Crippen LogP contribution in [0, 0.1) is 0 Å². The molecular weight excluding hydrogens is 300 g/mol. The highest BCUT2D eigenvalue weighted by atomic mass is 32.2. The minimum Gasteiger partial charge on any atom is -0.469 e. The number of carbonyl (C=O) groups excluding carboxylic acids is 1. The van der Waals surface area contributed by atoms with Crippen molar-refractivity contribution >= 4 is 27.3 Å². The molecule has 0 aromatic carbocycles. The predicted molar refractivity (Wildman–Crippen MR) is 75.0 cm³/mol. The molecule has 3 N–H and O–H groups in total. The molecule has 0 saturated carbocycles. The van der Waals surface area contributed by atoms with Gasteiger partial charge in [-0.15, -0.1) is 11.3 Å². The van der Waals surface area contributed by atoms with Crippen LogP contribution < -0.4 is 10.5 Å². The summed E-state index contributed by atoms with van der Waals surface area (Å²) in [6.45, 7) is 1.74. The van der Waals surface area contributed by atoms with E-state index in [4.69, 9.17) is 10.2 Å². The van der Waals surface area contributed by atoms with Gasteiger partial charge in [-0.25, -0.2) is 13.1 Å². The Morgan fingerprint density at radius 2 is 2.30 bits per heavy atom. The van der Waals surface area contributed by atoms with Crippen molar-refractivity contribution in [3.8, 4) is 0 Å². The van der Waals surface area contributed by atoms with Crippen molar-refractivity contribution in [2.24, 2.45) is 5.73 Å². The Balaban J connectivity index is 2.08. The van der Waals surface area contributed by atoms with Crippen molar-refractivity contribution < 1.29 is 17.6 Å². The molecule has 2 aromatic heterocycles. The number of nitrogens with two attached hydrogens (primary N) is 1. The SMILES string of the molecule is CC(Cc1ccco1)NS(=O)(=O)c1csc(C(N)=O)c1. The lowest BCUT2D eigenvalue weighted by molar-refractivity contribution is 0.100. The summed E-state index contributed by atoms with van der Waals surface area (Å²) in [6.07, 6.45) is 1.98. The largest absolute Gasteiger partial charge is 0.469 e. The number of primary amides is 1. The summed E-state index contributed by atoms with van der Waals surface area (Å²) in [6, 6.07) is 4.47. The second kappa shape index (κ2) is 5.78. The van der Waals surface area contributed by atoms with Gasteiger partial charge >= 0.3 is 0 Å². The van der Waals surface area contributed by atoms with Crippen LogP contribution in [0.3, 0.4) is 0 Å². The van der Waals surface area contributed by atoms with Crippen LogP contribution in [0.5, 0.6) is 0 Å². The molecule has 0 aliphatic carbocycles. The number of hydrogen-bond acceptors (Lipinski definition) is 5. The zero-order valence-corrected chi connectivity index (χ0v) is 12.3. The first kappa shape index (κ1) is 14.8. The Kier molecular flexibility index (Phi) is 4.26. The van der Waals surface area contributed by atoms with Gasteiger partial charge in [-0.3, -0.25) is 4.79 Å². The lowest BCUT2D eigenvalue weighted by Gasteiger charge is -2.11. The molecule has 0 aliphatic rings. The number of sulfonamides is 1. The zero-order valence-electron chi connectivity index (χ0n) is 10.7. The Morgan fingerprint density at radius 3 is 2.85 bits per heavy atom. The first-order chi connectivity index (χ1) is 9.38. The lowest BCUT2D eigenvalue weighted by Crippen LogP contribution is -2.33. The van der Waals surface area contributed by atoms with E-state index in [-0.39, 0.29) is 15.8 Å². The van der Waals surface area contributed by atoms with Crippen molar-refractivity contribution in [1.82, 2.24) is 4.72 Å². The third-order valence-corrected chi connectivity index (χ3v) is 5.24. The van der Waals surface area contributed by atoms with Gasteiger partial charge in [-0.05, 0) is 25.1 Å². The molecule has 0 fully saturated rings. The highest BCUT2D eigenvalue weighted by Crippen LogP contribution is 2.19. The van der Waals surface area contributed by atoms with Crippen LogP contribution in [-0.2, 0) is 16.4 Å². The minimum atomic E-state index is -3.66. The van der Waals surface area contributed by atoms with Gasteiger partial charge in [0.15, 0.2) is 0 Å². The molecular formula is C12H14N2O4S2. The first-order valence-corrected chi connectivity index (χ1v) is 8.18. The number of furan rings is 1. The molecule has 108 valence electrons. The smallest absolute Gasteiger partial charge is 0.258 e. The van der Waals surface area contributed by atoms with Gasteiger partial charge in [0, 0.05) is 17.8 Å². The van der Waals surface area contributed by atoms with Gasteiger partial charge < -0.3 is 10.2 Å². The Bertz CT molecular complexity index is 689. The predicted octanol–water partition coefficient (Wildman–Crippen LogP) is 1.35. The fourth-order valence-corrected chi connectivity index (χ4v) is 4.06. The Hall–Kier alpha value is -1.64. The number of rotatable bonds is 6. The number of amides is 1. The van der Waals surface area contributed by atoms with Gasteiger partial charge in [-0.2, -0.15) is 0 Å². The van der Waals surface area contributed by atoms with Crippen molar-refractivity contribution in [3.05, 3.63) is 40.5 Å². The summed E-state index contributed by atoms with van der Waals surface area (Å²) in [5.74, 6) is 0.0587. The fourth-order valence-electron chi connectivity index (χ4n) is 1.69. The molecule has 0 spiro atoms. The van der Waals surface area contributed by atoms with Gasteiger partial charge in [-0.1, -0.05) is 0 Å². The van der Waals surface area contributed by atoms with E-state index in [2.05, 4.69) is 4.72 Å². The van der Waals surface area contributed by atoms with Gasteiger partial charge in [0.2, 0.25) is 10.0 Å². The second-order valence-electron chi connectivity index (χ2n) is 4.32. The normalized spacial score (nSPS) is 13.2. The lowest BCUT2D eigenvalue weighted by atomic mass is 10.2. The van der Waals surface area contributed by atoms with E-state index in [9.17, 15) is 13.2 Å². The van der Waals surface area contributed by atoms with E-state index in [1.54, 1.807) is 19.1 Å². The maximum atomic E-state index is 12.1. The minimum absolute atomic E-state index is 0.0441. The molecule has 6 nitrogen and oxygen atoms in total. The van der Waals surface area contributed by atoms with Crippen LogP contribution in [-0.4, -0.2) is 20.4 Å². The van der Waals surface area contributed by atoms with E-state index in [1.807, 2.05) is 0 Å². The van der Waals surface area contributed by atoms with E-state index >= 15 is 0 Å². The zero-order chi connectivity index (χ0) is 14.8. The molecule has 2 aromatic rings. The average Bonchev–Trinajstić information content (AvgIpc) is 2.97. The van der Waals surface area contributed by atoms with E-state index in [0.29, 0.717) is 12.2 Å². The molecule has 1 atom stereocenters. The quantitative estimate of drug-likeness (QED) is 0.840. The van der Waals surface area contributed by atoms with Crippen LogP contribution >= 0.6 is 11.3 Å². The van der Waals surface area contributed by atoms with Crippen molar-refractivity contribution in [3.63, 3.8) is 0 Å². The van der Waals surface area contributed by atoms with Gasteiger partial charge in [0.1, 0.15) is 5.76 Å². The van der Waals surface area contributed by atoms with E-state index < -0.39 is 15.9 Å². The van der Waals surface area contributed by atoms with Crippen LogP contribution in [0.4, 0.5) is 0 Å². The highest BCUT2D eigenvalue weighted by Gasteiger charge is 2.20. The van der Waals surface area contributed by atoms with Crippen LogP contribution in [0.1, 0.15) is 22.4 Å². The maximum Gasteiger partial charge on any atom is 0.258 e. The Labute approximate surface area is 120 Å². The summed E-state index contributed by atoms with van der Waals surface area (Å²) in [4.78, 5) is 11.2. The van der Waals surface area contributed by atoms with Crippen LogP contribution in [0.25, 0.3) is 0 Å². The van der Waals surface area contributed by atoms with E-state index in [0.717, 1.165) is 11.3 Å². The molecule has 1 amide bonds. The molecule has 0 saturated heterocycles. The topological polar surface area (TPSA) is 102 Å². The fraction of sp³-hybridized carbons (Fsp3) is 0.250. The molecule has 2 rings (SSSR count). The average molecular weight is 314 g/mol. The summed E-state index contributed by atoms with van der Waals surface area (Å²) in [7, 11) is -3.66. The molecule has 2 heterocycles. The molecule has 0 bridgehead atoms. The van der Waals surface area contributed by atoms with Crippen molar-refractivity contribution in [1.29, 1.82) is 0 Å². The molecule has 0 radical (unpaired) electrons. The monoisotopic (exact) mass is 314 g/mol.